The SMILES string of the molecule is CCn1c2ccccc2c2cc3c(cc21)Cc1ccccc1-3. The number of para-hydroxylation sites is 1. The van der Waals surface area contributed by atoms with Crippen LogP contribution < -0.4 is 0 Å². The van der Waals surface area contributed by atoms with Crippen molar-refractivity contribution in [3.63, 3.8) is 0 Å². The van der Waals surface area contributed by atoms with Crippen molar-refractivity contribution in [2.24, 2.45) is 0 Å². The molecule has 3 aromatic carbocycles. The standard InChI is InChI=1S/C21H17N/c1-2-22-20-10-6-5-9-17(20)19-13-18-15(12-21(19)22)11-14-7-3-4-8-16(14)18/h3-10,12-13H,2,11H2,1H3. The topological polar surface area (TPSA) is 4.93 Å². The average Bonchev–Trinajstić information content (AvgIpc) is 3.07. The van der Waals surface area contributed by atoms with Crippen molar-refractivity contribution >= 4 is 21.8 Å². The highest BCUT2D eigenvalue weighted by atomic mass is 15.0. The number of aryl methyl sites for hydroxylation is 1. The lowest BCUT2D eigenvalue weighted by molar-refractivity contribution is 0.827. The lowest BCUT2D eigenvalue weighted by Gasteiger charge is -2.05. The highest BCUT2D eigenvalue weighted by molar-refractivity contribution is 6.10. The summed E-state index contributed by atoms with van der Waals surface area (Å²) in [6.07, 6.45) is 1.06. The second kappa shape index (κ2) is 4.23. The van der Waals surface area contributed by atoms with Crippen LogP contribution in [0.25, 0.3) is 32.9 Å². The Morgan fingerprint density at radius 1 is 0.773 bits per heavy atom. The van der Waals surface area contributed by atoms with E-state index >= 15 is 0 Å². The van der Waals surface area contributed by atoms with Gasteiger partial charge in [0.2, 0.25) is 0 Å². The highest BCUT2D eigenvalue weighted by Crippen LogP contribution is 2.41. The van der Waals surface area contributed by atoms with Crippen molar-refractivity contribution < 1.29 is 0 Å². The molecule has 22 heavy (non-hydrogen) atoms. The fraction of sp³-hybridized carbons (Fsp3) is 0.143. The molecule has 0 amide bonds. The minimum Gasteiger partial charge on any atom is -0.341 e. The van der Waals surface area contributed by atoms with Crippen LogP contribution in [0.4, 0.5) is 0 Å². The molecule has 0 aliphatic heterocycles. The van der Waals surface area contributed by atoms with Gasteiger partial charge in [0, 0.05) is 28.4 Å². The zero-order valence-corrected chi connectivity index (χ0v) is 12.6. The molecule has 1 aliphatic rings. The first-order chi connectivity index (χ1) is 10.9. The Morgan fingerprint density at radius 2 is 1.59 bits per heavy atom. The highest BCUT2D eigenvalue weighted by Gasteiger charge is 2.20. The largest absolute Gasteiger partial charge is 0.341 e. The van der Waals surface area contributed by atoms with E-state index in [2.05, 4.69) is 72.2 Å². The van der Waals surface area contributed by atoms with Gasteiger partial charge in [0.05, 0.1) is 0 Å². The maximum absolute atomic E-state index is 2.44. The van der Waals surface area contributed by atoms with Crippen LogP contribution in [0.2, 0.25) is 0 Å². The van der Waals surface area contributed by atoms with Crippen molar-refractivity contribution in [2.75, 3.05) is 0 Å². The molecule has 1 heteroatoms. The predicted octanol–water partition coefficient (Wildman–Crippen LogP) is 5.39. The van der Waals surface area contributed by atoms with E-state index in [4.69, 9.17) is 0 Å². The molecule has 0 radical (unpaired) electrons. The zero-order valence-electron chi connectivity index (χ0n) is 12.6. The van der Waals surface area contributed by atoms with Crippen LogP contribution in [0, 0.1) is 0 Å². The van der Waals surface area contributed by atoms with Gasteiger partial charge in [-0.3, -0.25) is 0 Å². The van der Waals surface area contributed by atoms with Crippen LogP contribution in [0.15, 0.2) is 60.7 Å². The van der Waals surface area contributed by atoms with Gasteiger partial charge in [-0.25, -0.2) is 0 Å². The van der Waals surface area contributed by atoms with E-state index in [9.17, 15) is 0 Å². The van der Waals surface area contributed by atoms with Gasteiger partial charge in [-0.05, 0) is 53.8 Å². The van der Waals surface area contributed by atoms with Gasteiger partial charge in [-0.2, -0.15) is 0 Å². The summed E-state index contributed by atoms with van der Waals surface area (Å²) in [6.45, 7) is 3.24. The maximum atomic E-state index is 2.44. The molecule has 0 N–H and O–H groups in total. The number of fused-ring (bicyclic) bond motifs is 6. The second-order valence-electron chi connectivity index (χ2n) is 6.12. The van der Waals surface area contributed by atoms with E-state index in [1.165, 1.54) is 44.1 Å². The van der Waals surface area contributed by atoms with Gasteiger partial charge in [-0.15, -0.1) is 0 Å². The van der Waals surface area contributed by atoms with E-state index in [-0.39, 0.29) is 0 Å². The van der Waals surface area contributed by atoms with Crippen molar-refractivity contribution in [2.45, 2.75) is 19.9 Å². The summed E-state index contributed by atoms with van der Waals surface area (Å²) in [5.41, 5.74) is 8.46. The molecular formula is C21H17N. The molecule has 0 fully saturated rings. The molecule has 5 rings (SSSR count). The lowest BCUT2D eigenvalue weighted by atomic mass is 10.0. The Hall–Kier alpha value is -2.54. The summed E-state index contributed by atoms with van der Waals surface area (Å²) < 4.78 is 2.44. The Labute approximate surface area is 129 Å². The van der Waals surface area contributed by atoms with Crippen molar-refractivity contribution in [3.05, 3.63) is 71.8 Å². The van der Waals surface area contributed by atoms with Crippen LogP contribution in [-0.2, 0) is 13.0 Å². The van der Waals surface area contributed by atoms with Crippen molar-refractivity contribution in [1.82, 2.24) is 4.57 Å². The van der Waals surface area contributed by atoms with E-state index < -0.39 is 0 Å². The molecule has 1 heterocycles. The van der Waals surface area contributed by atoms with Gasteiger partial charge in [-0.1, -0.05) is 42.5 Å². The van der Waals surface area contributed by atoms with E-state index in [1.54, 1.807) is 0 Å². The van der Waals surface area contributed by atoms with Gasteiger partial charge in [0.25, 0.3) is 0 Å². The summed E-state index contributed by atoms with van der Waals surface area (Å²) in [4.78, 5) is 0. The third-order valence-corrected chi connectivity index (χ3v) is 5.00. The smallest absolute Gasteiger partial charge is 0.0494 e. The summed E-state index contributed by atoms with van der Waals surface area (Å²) in [6, 6.07) is 22.4. The van der Waals surface area contributed by atoms with Crippen LogP contribution in [0.3, 0.4) is 0 Å². The first-order valence-corrected chi connectivity index (χ1v) is 7.99. The summed E-state index contributed by atoms with van der Waals surface area (Å²) >= 11 is 0. The molecule has 0 saturated heterocycles. The van der Waals surface area contributed by atoms with E-state index in [0.29, 0.717) is 0 Å². The first kappa shape index (κ1) is 12.0. The van der Waals surface area contributed by atoms with Crippen LogP contribution in [0.1, 0.15) is 18.1 Å². The van der Waals surface area contributed by atoms with Crippen LogP contribution in [-0.4, -0.2) is 4.57 Å². The molecular weight excluding hydrogens is 266 g/mol. The number of benzene rings is 3. The summed E-state index contributed by atoms with van der Waals surface area (Å²) in [7, 11) is 0. The lowest BCUT2D eigenvalue weighted by Crippen LogP contribution is -1.93. The summed E-state index contributed by atoms with van der Waals surface area (Å²) in [5, 5.41) is 2.75. The van der Waals surface area contributed by atoms with Gasteiger partial charge in [0.1, 0.15) is 0 Å². The summed E-state index contributed by atoms with van der Waals surface area (Å²) in [5.74, 6) is 0. The molecule has 1 aliphatic carbocycles. The monoisotopic (exact) mass is 283 g/mol. The van der Waals surface area contributed by atoms with Crippen molar-refractivity contribution in [3.8, 4) is 11.1 Å². The average molecular weight is 283 g/mol. The Bertz CT molecular complexity index is 1040. The molecule has 0 bridgehead atoms. The normalized spacial score (nSPS) is 12.8. The predicted molar refractivity (Wildman–Crippen MR) is 93.4 cm³/mol. The van der Waals surface area contributed by atoms with Gasteiger partial charge in [0.15, 0.2) is 0 Å². The van der Waals surface area contributed by atoms with E-state index in [1.807, 2.05) is 0 Å². The molecule has 1 nitrogen and oxygen atoms in total. The van der Waals surface area contributed by atoms with Crippen molar-refractivity contribution in [1.29, 1.82) is 0 Å². The molecule has 4 aromatic rings. The zero-order chi connectivity index (χ0) is 14.7. The fourth-order valence-corrected chi connectivity index (χ4v) is 4.02. The number of hydrogen-bond acceptors (Lipinski definition) is 0. The molecule has 0 saturated carbocycles. The second-order valence-corrected chi connectivity index (χ2v) is 6.12. The number of hydrogen-bond donors (Lipinski definition) is 0. The van der Waals surface area contributed by atoms with Crippen LogP contribution >= 0.6 is 0 Å². The molecule has 0 atom stereocenters. The quantitative estimate of drug-likeness (QED) is 0.389. The number of nitrogens with zero attached hydrogens (tertiary/aromatic N) is 1. The van der Waals surface area contributed by atoms with Crippen LogP contribution in [0.5, 0.6) is 0 Å². The minimum atomic E-state index is 1.01. The number of aromatic nitrogens is 1. The molecule has 0 spiro atoms. The van der Waals surface area contributed by atoms with Gasteiger partial charge < -0.3 is 4.57 Å². The first-order valence-electron chi connectivity index (χ1n) is 7.99. The molecule has 0 unspecified atom stereocenters. The molecule has 1 aromatic heterocycles. The molecule has 106 valence electrons. The Kier molecular flexibility index (Phi) is 2.32. The minimum absolute atomic E-state index is 1.01. The van der Waals surface area contributed by atoms with E-state index in [0.717, 1.165) is 13.0 Å². The third-order valence-electron chi connectivity index (χ3n) is 5.00. The Morgan fingerprint density at radius 3 is 2.50 bits per heavy atom. The third kappa shape index (κ3) is 1.43. The number of rotatable bonds is 1. The maximum Gasteiger partial charge on any atom is 0.0494 e. The Balaban J connectivity index is 1.93. The fourth-order valence-electron chi connectivity index (χ4n) is 4.02. The van der Waals surface area contributed by atoms with Gasteiger partial charge >= 0.3 is 0 Å².